The molecule has 0 spiro atoms. The number of nitrogens with zero attached hydrogens (tertiary/aromatic N) is 6. The third-order valence-corrected chi connectivity index (χ3v) is 5.15. The molecule has 0 radical (unpaired) electrons. The van der Waals surface area contributed by atoms with E-state index in [1.165, 1.54) is 5.01 Å². The molecule has 0 saturated heterocycles. The van der Waals surface area contributed by atoms with Crippen molar-refractivity contribution in [2.45, 2.75) is 19.0 Å². The Bertz CT molecular complexity index is 1290. The smallest absolute Gasteiger partial charge is 0.272 e. The van der Waals surface area contributed by atoms with Gasteiger partial charge in [0, 0.05) is 25.0 Å². The molecule has 2 amide bonds. The molecule has 1 aromatic carbocycles. The summed E-state index contributed by atoms with van der Waals surface area (Å²) in [4.78, 5) is 29.2. The fourth-order valence-corrected chi connectivity index (χ4v) is 3.63. The molecule has 3 aromatic heterocycles. The van der Waals surface area contributed by atoms with Gasteiger partial charge >= 0.3 is 0 Å². The SMILES string of the molecule is NC(=O)C1CC(C(=O)Nc2cnn(Cc3cn4ccccc4n3)c2)=NN1c1ccccc1. The average Bonchev–Trinajstić information content (AvgIpc) is 3.52. The Balaban J connectivity index is 1.29. The van der Waals surface area contributed by atoms with Gasteiger partial charge in [-0.15, -0.1) is 0 Å². The number of anilines is 2. The third kappa shape index (κ3) is 3.81. The molecule has 5 rings (SSSR count). The van der Waals surface area contributed by atoms with Gasteiger partial charge in [-0.3, -0.25) is 19.3 Å². The zero-order valence-electron chi connectivity index (χ0n) is 17.0. The lowest BCUT2D eigenvalue weighted by Crippen LogP contribution is -2.39. The highest BCUT2D eigenvalue weighted by molar-refractivity contribution is 6.44. The summed E-state index contributed by atoms with van der Waals surface area (Å²) in [6.07, 6.45) is 7.28. The molecule has 1 aliphatic rings. The number of carbonyl (C=O) groups excluding carboxylic acids is 2. The van der Waals surface area contributed by atoms with Gasteiger partial charge in [0.15, 0.2) is 0 Å². The number of primary amides is 1. The number of para-hydroxylation sites is 1. The molecule has 0 aliphatic carbocycles. The van der Waals surface area contributed by atoms with Crippen LogP contribution in [0, 0.1) is 0 Å². The Morgan fingerprint density at radius 2 is 1.91 bits per heavy atom. The van der Waals surface area contributed by atoms with Crippen molar-refractivity contribution in [2.75, 3.05) is 10.3 Å². The molecule has 1 aliphatic heterocycles. The first-order valence-electron chi connectivity index (χ1n) is 10.0. The van der Waals surface area contributed by atoms with Gasteiger partial charge in [-0.2, -0.15) is 10.2 Å². The van der Waals surface area contributed by atoms with E-state index in [-0.39, 0.29) is 12.1 Å². The number of hydrogen-bond acceptors (Lipinski definition) is 6. The number of hydrogen-bond donors (Lipinski definition) is 2. The number of nitrogens with two attached hydrogens (primary N) is 1. The Labute approximate surface area is 183 Å². The molecule has 4 aromatic rings. The van der Waals surface area contributed by atoms with Crippen LogP contribution in [0.25, 0.3) is 5.65 Å². The second kappa shape index (κ2) is 7.99. The summed E-state index contributed by atoms with van der Waals surface area (Å²) in [5.74, 6) is -0.942. The van der Waals surface area contributed by atoms with Crippen LogP contribution in [-0.4, -0.2) is 42.7 Å². The van der Waals surface area contributed by atoms with Crippen molar-refractivity contribution in [3.63, 3.8) is 0 Å². The molecule has 0 fully saturated rings. The van der Waals surface area contributed by atoms with E-state index in [0.29, 0.717) is 17.9 Å². The number of aromatic nitrogens is 4. The number of hydrazone groups is 1. The quantitative estimate of drug-likeness (QED) is 0.483. The number of amides is 2. The van der Waals surface area contributed by atoms with E-state index in [9.17, 15) is 9.59 Å². The maximum Gasteiger partial charge on any atom is 0.272 e. The van der Waals surface area contributed by atoms with Crippen LogP contribution in [-0.2, 0) is 16.1 Å². The minimum absolute atomic E-state index is 0.130. The molecular formula is C22H20N8O2. The number of imidazole rings is 1. The van der Waals surface area contributed by atoms with E-state index < -0.39 is 17.9 Å². The number of fused-ring (bicyclic) bond motifs is 1. The van der Waals surface area contributed by atoms with E-state index in [1.54, 1.807) is 17.1 Å². The van der Waals surface area contributed by atoms with Crippen LogP contribution >= 0.6 is 0 Å². The largest absolute Gasteiger partial charge is 0.368 e. The van der Waals surface area contributed by atoms with Gasteiger partial charge in [-0.25, -0.2) is 4.98 Å². The first kappa shape index (κ1) is 19.5. The van der Waals surface area contributed by atoms with E-state index in [1.807, 2.05) is 65.3 Å². The summed E-state index contributed by atoms with van der Waals surface area (Å²) in [6.45, 7) is 0.462. The average molecular weight is 428 g/mol. The van der Waals surface area contributed by atoms with Gasteiger partial charge in [0.2, 0.25) is 5.91 Å². The monoisotopic (exact) mass is 428 g/mol. The van der Waals surface area contributed by atoms with Crippen LogP contribution in [0.4, 0.5) is 11.4 Å². The standard InChI is InChI=1S/C22H20N8O2/c23-21(31)19-10-18(27-30(19)17-6-2-1-3-7-17)22(32)26-15-11-24-29(13-15)14-16-12-28-9-5-4-8-20(28)25-16/h1-9,11-13,19H,10,14H2,(H2,23,31)(H,26,32). The van der Waals surface area contributed by atoms with Crippen molar-refractivity contribution >= 4 is 34.5 Å². The van der Waals surface area contributed by atoms with Gasteiger partial charge in [-0.05, 0) is 24.3 Å². The number of nitrogens with one attached hydrogen (secondary N) is 1. The van der Waals surface area contributed by atoms with Crippen molar-refractivity contribution in [2.24, 2.45) is 10.8 Å². The molecule has 3 N–H and O–H groups in total. The zero-order chi connectivity index (χ0) is 22.1. The van der Waals surface area contributed by atoms with Crippen LogP contribution in [0.3, 0.4) is 0 Å². The highest BCUT2D eigenvalue weighted by Gasteiger charge is 2.35. The van der Waals surface area contributed by atoms with E-state index in [4.69, 9.17) is 5.73 Å². The Hall–Kier alpha value is -4.47. The lowest BCUT2D eigenvalue weighted by Gasteiger charge is -2.20. The minimum Gasteiger partial charge on any atom is -0.368 e. The predicted molar refractivity (Wildman–Crippen MR) is 119 cm³/mol. The van der Waals surface area contributed by atoms with Crippen LogP contribution in [0.15, 0.2) is 78.4 Å². The molecule has 32 heavy (non-hydrogen) atoms. The number of pyridine rings is 1. The first-order chi connectivity index (χ1) is 15.6. The second-order valence-electron chi connectivity index (χ2n) is 7.43. The number of benzene rings is 1. The number of rotatable bonds is 6. The topological polar surface area (TPSA) is 123 Å². The molecule has 10 nitrogen and oxygen atoms in total. The summed E-state index contributed by atoms with van der Waals surface area (Å²) in [6, 6.07) is 14.2. The molecule has 10 heteroatoms. The summed E-state index contributed by atoms with van der Waals surface area (Å²) in [7, 11) is 0. The molecular weight excluding hydrogens is 408 g/mol. The summed E-state index contributed by atoms with van der Waals surface area (Å²) in [5, 5.41) is 12.9. The van der Waals surface area contributed by atoms with Crippen molar-refractivity contribution in [1.29, 1.82) is 0 Å². The van der Waals surface area contributed by atoms with E-state index in [2.05, 4.69) is 20.5 Å². The van der Waals surface area contributed by atoms with Crippen LogP contribution in [0.5, 0.6) is 0 Å². The Kier molecular flexibility index (Phi) is 4.86. The molecule has 4 heterocycles. The Morgan fingerprint density at radius 3 is 2.69 bits per heavy atom. The molecule has 160 valence electrons. The van der Waals surface area contributed by atoms with Gasteiger partial charge in [0.25, 0.3) is 5.91 Å². The molecule has 1 unspecified atom stereocenters. The van der Waals surface area contributed by atoms with Crippen molar-refractivity contribution in [3.05, 3.63) is 79.0 Å². The summed E-state index contributed by atoms with van der Waals surface area (Å²) in [5.41, 5.74) is 8.69. The number of carbonyl (C=O) groups is 2. The van der Waals surface area contributed by atoms with Gasteiger partial charge in [0.1, 0.15) is 17.4 Å². The van der Waals surface area contributed by atoms with Gasteiger partial charge in [-0.1, -0.05) is 24.3 Å². The fraction of sp³-hybridized carbons (Fsp3) is 0.136. The van der Waals surface area contributed by atoms with Gasteiger partial charge in [0.05, 0.1) is 29.8 Å². The Morgan fingerprint density at radius 1 is 1.09 bits per heavy atom. The second-order valence-corrected chi connectivity index (χ2v) is 7.43. The van der Waals surface area contributed by atoms with E-state index >= 15 is 0 Å². The summed E-state index contributed by atoms with van der Waals surface area (Å²) < 4.78 is 3.63. The highest BCUT2D eigenvalue weighted by Crippen LogP contribution is 2.24. The van der Waals surface area contributed by atoms with Gasteiger partial charge < -0.3 is 15.5 Å². The maximum absolute atomic E-state index is 12.8. The maximum atomic E-state index is 12.8. The lowest BCUT2D eigenvalue weighted by molar-refractivity contribution is -0.119. The highest BCUT2D eigenvalue weighted by atomic mass is 16.2. The third-order valence-electron chi connectivity index (χ3n) is 5.15. The van der Waals surface area contributed by atoms with Crippen molar-refractivity contribution in [1.82, 2.24) is 19.2 Å². The van der Waals surface area contributed by atoms with Crippen molar-refractivity contribution < 1.29 is 9.59 Å². The molecule has 1 atom stereocenters. The first-order valence-corrected chi connectivity index (χ1v) is 10.0. The van der Waals surface area contributed by atoms with Crippen molar-refractivity contribution in [3.8, 4) is 0 Å². The summed E-state index contributed by atoms with van der Waals surface area (Å²) >= 11 is 0. The molecule has 0 bridgehead atoms. The normalized spacial score (nSPS) is 15.7. The lowest BCUT2D eigenvalue weighted by atomic mass is 10.1. The van der Waals surface area contributed by atoms with Crippen LogP contribution < -0.4 is 16.1 Å². The molecule has 0 saturated carbocycles. The van der Waals surface area contributed by atoms with E-state index in [0.717, 1.165) is 11.3 Å². The van der Waals surface area contributed by atoms with Crippen LogP contribution in [0.2, 0.25) is 0 Å². The minimum atomic E-state index is -0.712. The predicted octanol–water partition coefficient (Wildman–Crippen LogP) is 1.64. The van der Waals surface area contributed by atoms with Crippen LogP contribution in [0.1, 0.15) is 12.1 Å². The fourth-order valence-electron chi connectivity index (χ4n) is 3.63. The zero-order valence-corrected chi connectivity index (χ0v) is 17.0.